The molecule has 0 saturated carbocycles. The van der Waals surface area contributed by atoms with Crippen LogP contribution in [0.25, 0.3) is 0 Å². The number of aromatic nitrogens is 1. The fourth-order valence-electron chi connectivity index (χ4n) is 3.38. The fraction of sp³-hybridized carbons (Fsp3) is 0.261. The van der Waals surface area contributed by atoms with E-state index in [0.29, 0.717) is 10.6 Å². The molecule has 0 radical (unpaired) electrons. The Bertz CT molecular complexity index is 938. The van der Waals surface area contributed by atoms with Gasteiger partial charge in [-0.15, -0.1) is 0 Å². The summed E-state index contributed by atoms with van der Waals surface area (Å²) < 4.78 is 18.0. The van der Waals surface area contributed by atoms with Gasteiger partial charge in [0, 0.05) is 44.6 Å². The molecule has 1 unspecified atom stereocenters. The maximum atomic E-state index is 12.4. The Labute approximate surface area is 174 Å². The second-order valence-corrected chi connectivity index (χ2v) is 8.32. The Morgan fingerprint density at radius 1 is 0.931 bits per heavy atom. The van der Waals surface area contributed by atoms with E-state index in [4.69, 9.17) is 4.18 Å². The molecule has 1 aliphatic rings. The highest BCUT2D eigenvalue weighted by Crippen LogP contribution is 2.23. The van der Waals surface area contributed by atoms with Crippen LogP contribution in [-0.2, 0) is 17.6 Å². The summed E-state index contributed by atoms with van der Waals surface area (Å²) in [6, 6.07) is 21.5. The number of piperazine rings is 1. The number of benzene rings is 2. The van der Waals surface area contributed by atoms with Gasteiger partial charge in [0.2, 0.25) is 11.1 Å². The summed E-state index contributed by atoms with van der Waals surface area (Å²) in [5.41, 5.74) is 3.41. The van der Waals surface area contributed by atoms with Crippen molar-refractivity contribution in [2.24, 2.45) is 0 Å². The number of pyridine rings is 1. The first-order valence-electron chi connectivity index (χ1n) is 9.81. The maximum Gasteiger partial charge on any atom is 0.240 e. The summed E-state index contributed by atoms with van der Waals surface area (Å²) in [5.74, 6) is 0.612. The smallest absolute Gasteiger partial charge is 0.240 e. The van der Waals surface area contributed by atoms with Gasteiger partial charge in [-0.3, -0.25) is 9.88 Å². The molecule has 0 amide bonds. The predicted octanol–water partition coefficient (Wildman–Crippen LogP) is 3.81. The van der Waals surface area contributed by atoms with Gasteiger partial charge in [-0.05, 0) is 55.5 Å². The van der Waals surface area contributed by atoms with Crippen LogP contribution in [0, 0.1) is 6.92 Å². The van der Waals surface area contributed by atoms with Gasteiger partial charge in [-0.25, -0.2) is 4.21 Å². The zero-order valence-corrected chi connectivity index (χ0v) is 17.3. The van der Waals surface area contributed by atoms with E-state index in [1.54, 1.807) is 0 Å². The molecular formula is C23H25N3O2S. The summed E-state index contributed by atoms with van der Waals surface area (Å²) in [6.07, 6.45) is 1.85. The van der Waals surface area contributed by atoms with Gasteiger partial charge < -0.3 is 9.08 Å². The minimum Gasteiger partial charge on any atom is -0.397 e. The van der Waals surface area contributed by atoms with Crippen LogP contribution in [-0.4, -0.2) is 40.3 Å². The van der Waals surface area contributed by atoms with Gasteiger partial charge in [0.05, 0.1) is 10.6 Å². The van der Waals surface area contributed by atoms with E-state index in [-0.39, 0.29) is 0 Å². The molecule has 0 aliphatic carbocycles. The van der Waals surface area contributed by atoms with Gasteiger partial charge in [-0.2, -0.15) is 0 Å². The molecule has 1 fully saturated rings. The average Bonchev–Trinajstić information content (AvgIpc) is 2.76. The van der Waals surface area contributed by atoms with Crippen LogP contribution in [0.2, 0.25) is 0 Å². The summed E-state index contributed by atoms with van der Waals surface area (Å²) >= 11 is -1.50. The highest BCUT2D eigenvalue weighted by atomic mass is 32.2. The first kappa shape index (κ1) is 19.6. The van der Waals surface area contributed by atoms with E-state index in [2.05, 4.69) is 20.9 Å². The molecule has 150 valence electrons. The Balaban J connectivity index is 1.30. The lowest BCUT2D eigenvalue weighted by atomic mass is 10.2. The van der Waals surface area contributed by atoms with E-state index in [9.17, 15) is 4.21 Å². The van der Waals surface area contributed by atoms with Crippen LogP contribution >= 0.6 is 0 Å². The van der Waals surface area contributed by atoms with Crippen LogP contribution in [0.1, 0.15) is 11.3 Å². The molecule has 1 saturated heterocycles. The van der Waals surface area contributed by atoms with Crippen molar-refractivity contribution >= 4 is 16.8 Å². The molecule has 0 spiro atoms. The van der Waals surface area contributed by atoms with Crippen LogP contribution in [0.15, 0.2) is 77.8 Å². The molecule has 0 bridgehead atoms. The van der Waals surface area contributed by atoms with Gasteiger partial charge in [0.25, 0.3) is 0 Å². The van der Waals surface area contributed by atoms with E-state index < -0.39 is 11.1 Å². The number of hydrogen-bond donors (Lipinski definition) is 0. The van der Waals surface area contributed by atoms with Crippen molar-refractivity contribution in [3.05, 3.63) is 84.2 Å². The van der Waals surface area contributed by atoms with Crippen molar-refractivity contribution < 1.29 is 8.39 Å². The van der Waals surface area contributed by atoms with Crippen LogP contribution in [0.5, 0.6) is 5.75 Å². The third-order valence-corrected chi connectivity index (χ3v) is 6.07. The number of aryl methyl sites for hydroxylation is 1. The number of hydrogen-bond acceptors (Lipinski definition) is 5. The van der Waals surface area contributed by atoms with Gasteiger partial charge in [0.1, 0.15) is 5.75 Å². The summed E-state index contributed by atoms with van der Waals surface area (Å²) in [4.78, 5) is 9.89. The minimum atomic E-state index is -1.50. The van der Waals surface area contributed by atoms with E-state index in [1.165, 1.54) is 0 Å². The van der Waals surface area contributed by atoms with Crippen LogP contribution < -0.4 is 9.08 Å². The lowest BCUT2D eigenvalue weighted by Crippen LogP contribution is -2.46. The van der Waals surface area contributed by atoms with E-state index in [0.717, 1.165) is 49.7 Å². The molecule has 4 rings (SSSR count). The monoisotopic (exact) mass is 407 g/mol. The Morgan fingerprint density at radius 3 is 2.31 bits per heavy atom. The maximum absolute atomic E-state index is 12.4. The zero-order chi connectivity index (χ0) is 20.1. The highest BCUT2D eigenvalue weighted by molar-refractivity contribution is 7.80. The summed E-state index contributed by atoms with van der Waals surface area (Å²) in [5, 5.41) is 0. The van der Waals surface area contributed by atoms with Gasteiger partial charge >= 0.3 is 0 Å². The molecule has 3 aromatic rings. The molecule has 1 aromatic heterocycles. The molecule has 2 aromatic carbocycles. The van der Waals surface area contributed by atoms with Crippen LogP contribution in [0.3, 0.4) is 0 Å². The van der Waals surface area contributed by atoms with Crippen LogP contribution in [0.4, 0.5) is 5.69 Å². The SMILES string of the molecule is Cc1ccc(S(=O)Oc2ccc(N3CCN(Cc4ccccn4)CC3)cc2)cc1. The molecular weight excluding hydrogens is 382 g/mol. The predicted molar refractivity (Wildman–Crippen MR) is 116 cm³/mol. The highest BCUT2D eigenvalue weighted by Gasteiger charge is 2.18. The quantitative estimate of drug-likeness (QED) is 0.622. The summed E-state index contributed by atoms with van der Waals surface area (Å²) in [6.45, 7) is 6.86. The van der Waals surface area contributed by atoms with Crippen molar-refractivity contribution in [3.63, 3.8) is 0 Å². The number of anilines is 1. The molecule has 5 nitrogen and oxygen atoms in total. The fourth-order valence-corrected chi connectivity index (χ4v) is 4.12. The molecule has 2 heterocycles. The van der Waals surface area contributed by atoms with Crippen molar-refractivity contribution in [1.29, 1.82) is 0 Å². The van der Waals surface area contributed by atoms with Crippen molar-refractivity contribution in [2.45, 2.75) is 18.4 Å². The Kier molecular flexibility index (Phi) is 6.22. The standard InChI is InChI=1S/C23H25N3O2S/c1-19-5-11-23(12-6-19)29(27)28-22-9-7-21(8-10-22)26-16-14-25(15-17-26)18-20-4-2-3-13-24-20/h2-13H,14-18H2,1H3. The third kappa shape index (κ3) is 5.22. The first-order valence-corrected chi connectivity index (χ1v) is 10.9. The number of nitrogens with zero attached hydrogens (tertiary/aromatic N) is 3. The average molecular weight is 408 g/mol. The second-order valence-electron chi connectivity index (χ2n) is 7.21. The topological polar surface area (TPSA) is 45.7 Å². The molecule has 0 N–H and O–H groups in total. The third-order valence-electron chi connectivity index (χ3n) is 5.07. The van der Waals surface area contributed by atoms with Gasteiger partial charge in [0.15, 0.2) is 0 Å². The normalized spacial score (nSPS) is 15.8. The van der Waals surface area contributed by atoms with Crippen molar-refractivity contribution in [3.8, 4) is 5.75 Å². The molecule has 1 aliphatic heterocycles. The molecule has 1 atom stereocenters. The Morgan fingerprint density at radius 2 is 1.66 bits per heavy atom. The number of rotatable bonds is 6. The van der Waals surface area contributed by atoms with Crippen molar-refractivity contribution in [2.75, 3.05) is 31.1 Å². The van der Waals surface area contributed by atoms with Crippen molar-refractivity contribution in [1.82, 2.24) is 9.88 Å². The van der Waals surface area contributed by atoms with Gasteiger partial charge in [-0.1, -0.05) is 23.8 Å². The zero-order valence-electron chi connectivity index (χ0n) is 16.5. The lowest BCUT2D eigenvalue weighted by Gasteiger charge is -2.36. The largest absolute Gasteiger partial charge is 0.397 e. The Hall–Kier alpha value is -2.70. The second kappa shape index (κ2) is 9.20. The summed E-state index contributed by atoms with van der Waals surface area (Å²) in [7, 11) is 0. The van der Waals surface area contributed by atoms with E-state index >= 15 is 0 Å². The minimum absolute atomic E-state index is 0.612. The lowest BCUT2D eigenvalue weighted by molar-refractivity contribution is 0.247. The molecule has 29 heavy (non-hydrogen) atoms. The van der Waals surface area contributed by atoms with E-state index in [1.807, 2.05) is 73.8 Å². The first-order chi connectivity index (χ1) is 14.2. The molecule has 6 heteroatoms.